The number of thiophene rings is 1. The molecular weight excluding hydrogens is 374 g/mol. The van der Waals surface area contributed by atoms with Crippen LogP contribution in [0.3, 0.4) is 0 Å². The molecule has 0 radical (unpaired) electrons. The summed E-state index contributed by atoms with van der Waals surface area (Å²) in [6.07, 6.45) is 7.51. The summed E-state index contributed by atoms with van der Waals surface area (Å²) in [7, 11) is 3.63. The third kappa shape index (κ3) is 3.73. The van der Waals surface area contributed by atoms with E-state index in [0.717, 1.165) is 35.0 Å². The van der Waals surface area contributed by atoms with Gasteiger partial charge >= 0.3 is 0 Å². The highest BCUT2D eigenvalue weighted by Gasteiger charge is 2.23. The predicted octanol–water partition coefficient (Wildman–Crippen LogP) is 2.43. The Labute approximate surface area is 167 Å². The summed E-state index contributed by atoms with van der Waals surface area (Å²) in [6.45, 7) is 2.77. The smallest absolute Gasteiger partial charge is 0.259 e. The molecule has 7 nitrogen and oxygen atoms in total. The van der Waals surface area contributed by atoms with Crippen LogP contribution in [0, 0.1) is 5.92 Å². The first-order chi connectivity index (χ1) is 13.4. The Morgan fingerprint density at radius 3 is 3.04 bits per heavy atom. The second kappa shape index (κ2) is 7.50. The molecule has 0 aromatic carbocycles. The van der Waals surface area contributed by atoms with Gasteiger partial charge in [0, 0.05) is 50.1 Å². The van der Waals surface area contributed by atoms with Gasteiger partial charge < -0.3 is 9.88 Å². The van der Waals surface area contributed by atoms with Crippen LogP contribution in [-0.2, 0) is 37.6 Å². The second-order valence-corrected chi connectivity index (χ2v) is 8.90. The van der Waals surface area contributed by atoms with Gasteiger partial charge in [0.1, 0.15) is 10.7 Å². The van der Waals surface area contributed by atoms with Gasteiger partial charge in [-0.2, -0.15) is 5.10 Å². The molecule has 148 valence electrons. The lowest BCUT2D eigenvalue weighted by molar-refractivity contribution is -0.130. The molecule has 0 fully saturated rings. The first-order valence-electron chi connectivity index (χ1n) is 9.65. The molecule has 0 spiro atoms. The zero-order chi connectivity index (χ0) is 19.8. The number of amides is 1. The van der Waals surface area contributed by atoms with Crippen molar-refractivity contribution in [2.75, 3.05) is 7.05 Å². The molecular formula is C20H25N5O2S. The van der Waals surface area contributed by atoms with E-state index >= 15 is 0 Å². The van der Waals surface area contributed by atoms with Crippen LogP contribution in [-0.4, -0.2) is 37.6 Å². The third-order valence-corrected chi connectivity index (χ3v) is 6.54. The molecule has 28 heavy (non-hydrogen) atoms. The molecule has 8 heteroatoms. The van der Waals surface area contributed by atoms with Gasteiger partial charge in [0.2, 0.25) is 5.91 Å². The summed E-state index contributed by atoms with van der Waals surface area (Å²) in [5.41, 5.74) is 2.11. The normalized spacial score (nSPS) is 16.3. The summed E-state index contributed by atoms with van der Waals surface area (Å²) in [5, 5.41) is 4.88. The summed E-state index contributed by atoms with van der Waals surface area (Å²) in [5.74, 6) is 1.27. The number of H-pyrrole nitrogens is 1. The maximum atomic E-state index is 12.6. The van der Waals surface area contributed by atoms with Gasteiger partial charge in [0.25, 0.3) is 5.56 Å². The maximum absolute atomic E-state index is 12.6. The van der Waals surface area contributed by atoms with E-state index in [1.165, 1.54) is 10.4 Å². The van der Waals surface area contributed by atoms with Crippen LogP contribution < -0.4 is 5.56 Å². The quantitative estimate of drug-likeness (QED) is 0.714. The highest BCUT2D eigenvalue weighted by Crippen LogP contribution is 2.35. The monoisotopic (exact) mass is 399 g/mol. The Hall–Kier alpha value is -2.48. The lowest BCUT2D eigenvalue weighted by Gasteiger charge is -2.17. The molecule has 3 heterocycles. The standard InChI is InChI=1S/C20H25N5O2S/c1-12-4-5-14-15(8-12)28-20-18(14)19(27)22-16(23-20)6-7-17(26)24(2)10-13-9-21-25(3)11-13/h9,11-12H,4-8,10H2,1-3H3,(H,22,23,27). The molecule has 0 bridgehead atoms. The number of nitrogens with one attached hydrogen (secondary N) is 1. The predicted molar refractivity (Wildman–Crippen MR) is 109 cm³/mol. The molecule has 1 N–H and O–H groups in total. The Balaban J connectivity index is 1.46. The highest BCUT2D eigenvalue weighted by atomic mass is 32.1. The van der Waals surface area contributed by atoms with Gasteiger partial charge in [-0.1, -0.05) is 6.92 Å². The molecule has 0 aliphatic heterocycles. The number of aromatic nitrogens is 4. The zero-order valence-corrected chi connectivity index (χ0v) is 17.3. The number of hydrogen-bond acceptors (Lipinski definition) is 5. The molecule has 3 aromatic heterocycles. The minimum absolute atomic E-state index is 0.0193. The van der Waals surface area contributed by atoms with Crippen molar-refractivity contribution in [3.8, 4) is 0 Å². The van der Waals surface area contributed by atoms with Crippen molar-refractivity contribution < 1.29 is 4.79 Å². The van der Waals surface area contributed by atoms with E-state index in [2.05, 4.69) is 22.0 Å². The van der Waals surface area contributed by atoms with E-state index in [1.54, 1.807) is 34.2 Å². The maximum Gasteiger partial charge on any atom is 0.259 e. The lowest BCUT2D eigenvalue weighted by Crippen LogP contribution is -2.26. The second-order valence-electron chi connectivity index (χ2n) is 7.82. The van der Waals surface area contributed by atoms with Gasteiger partial charge in [0.05, 0.1) is 11.6 Å². The van der Waals surface area contributed by atoms with Gasteiger partial charge in [-0.15, -0.1) is 11.3 Å². The number of rotatable bonds is 5. The topological polar surface area (TPSA) is 83.9 Å². The molecule has 1 aliphatic rings. The van der Waals surface area contributed by atoms with Crippen molar-refractivity contribution in [3.05, 3.63) is 44.6 Å². The average molecular weight is 400 g/mol. The minimum atomic E-state index is -0.0665. The summed E-state index contributed by atoms with van der Waals surface area (Å²) in [6, 6.07) is 0. The van der Waals surface area contributed by atoms with Crippen LogP contribution in [0.15, 0.2) is 17.2 Å². The molecule has 4 rings (SSSR count). The van der Waals surface area contributed by atoms with Crippen molar-refractivity contribution in [2.45, 2.75) is 45.6 Å². The first kappa shape index (κ1) is 18.9. The van der Waals surface area contributed by atoms with Gasteiger partial charge in [-0.3, -0.25) is 14.3 Å². The molecule has 1 amide bonds. The molecule has 1 atom stereocenters. The molecule has 1 unspecified atom stereocenters. The van der Waals surface area contributed by atoms with Crippen LogP contribution in [0.4, 0.5) is 0 Å². The third-order valence-electron chi connectivity index (χ3n) is 5.39. The summed E-state index contributed by atoms with van der Waals surface area (Å²) >= 11 is 1.64. The zero-order valence-electron chi connectivity index (χ0n) is 16.5. The van der Waals surface area contributed by atoms with E-state index in [0.29, 0.717) is 31.1 Å². The van der Waals surface area contributed by atoms with Gasteiger partial charge in [-0.25, -0.2) is 4.98 Å². The first-order valence-corrected chi connectivity index (χ1v) is 10.5. The van der Waals surface area contributed by atoms with E-state index < -0.39 is 0 Å². The van der Waals surface area contributed by atoms with Gasteiger partial charge in [0.15, 0.2) is 0 Å². The Morgan fingerprint density at radius 1 is 1.46 bits per heavy atom. The van der Waals surface area contributed by atoms with E-state index in [1.807, 2.05) is 13.2 Å². The number of nitrogens with zero attached hydrogens (tertiary/aromatic N) is 4. The van der Waals surface area contributed by atoms with Crippen molar-refractivity contribution in [2.24, 2.45) is 13.0 Å². The SMILES string of the molecule is CC1CCc2c(sc3nc(CCC(=O)N(C)Cc4cnn(C)c4)[nH]c(=O)c23)C1. The average Bonchev–Trinajstić information content (AvgIpc) is 3.21. The number of hydrogen-bond donors (Lipinski definition) is 1. The van der Waals surface area contributed by atoms with Crippen LogP contribution in [0.5, 0.6) is 0 Å². The number of aromatic amines is 1. The fourth-order valence-corrected chi connectivity index (χ4v) is 5.25. The highest BCUT2D eigenvalue weighted by molar-refractivity contribution is 7.18. The lowest BCUT2D eigenvalue weighted by atomic mass is 9.89. The summed E-state index contributed by atoms with van der Waals surface area (Å²) < 4.78 is 1.72. The fourth-order valence-electron chi connectivity index (χ4n) is 3.84. The largest absolute Gasteiger partial charge is 0.341 e. The Bertz CT molecular complexity index is 1080. The number of carbonyl (C=O) groups is 1. The Kier molecular flexibility index (Phi) is 5.05. The molecule has 1 aliphatic carbocycles. The van der Waals surface area contributed by atoms with Crippen LogP contribution >= 0.6 is 11.3 Å². The minimum Gasteiger partial charge on any atom is -0.341 e. The van der Waals surface area contributed by atoms with Crippen molar-refractivity contribution in [1.82, 2.24) is 24.6 Å². The van der Waals surface area contributed by atoms with E-state index in [9.17, 15) is 9.59 Å². The molecule has 0 saturated carbocycles. The van der Waals surface area contributed by atoms with E-state index in [-0.39, 0.29) is 11.5 Å². The van der Waals surface area contributed by atoms with Gasteiger partial charge in [-0.05, 0) is 30.7 Å². The molecule has 0 saturated heterocycles. The van der Waals surface area contributed by atoms with Crippen LogP contribution in [0.25, 0.3) is 10.2 Å². The van der Waals surface area contributed by atoms with Crippen molar-refractivity contribution in [1.29, 1.82) is 0 Å². The molecule has 3 aromatic rings. The number of carbonyl (C=O) groups excluding carboxylic acids is 1. The fraction of sp³-hybridized carbons (Fsp3) is 0.500. The summed E-state index contributed by atoms with van der Waals surface area (Å²) in [4.78, 5) is 36.5. The Morgan fingerprint density at radius 2 is 2.29 bits per heavy atom. The number of fused-ring (bicyclic) bond motifs is 3. The van der Waals surface area contributed by atoms with Crippen LogP contribution in [0.2, 0.25) is 0 Å². The van der Waals surface area contributed by atoms with Crippen LogP contribution in [0.1, 0.15) is 41.6 Å². The van der Waals surface area contributed by atoms with Crippen molar-refractivity contribution in [3.63, 3.8) is 0 Å². The van der Waals surface area contributed by atoms with Crippen molar-refractivity contribution >= 4 is 27.5 Å². The number of aryl methyl sites for hydroxylation is 3. The van der Waals surface area contributed by atoms with E-state index in [4.69, 9.17) is 0 Å².